The summed E-state index contributed by atoms with van der Waals surface area (Å²) < 4.78 is 31.6. The van der Waals surface area contributed by atoms with Crippen molar-refractivity contribution in [1.82, 2.24) is 4.72 Å². The highest BCUT2D eigenvalue weighted by molar-refractivity contribution is 7.89. The minimum Gasteiger partial charge on any atom is -0.478 e. The molecule has 2 aromatic rings. The van der Waals surface area contributed by atoms with Gasteiger partial charge in [-0.25, -0.2) is 17.9 Å². The smallest absolute Gasteiger partial charge is 0.337 e. The molecule has 1 aromatic carbocycles. The molecule has 0 atom stereocenters. The fraction of sp³-hybridized carbons (Fsp3) is 0.154. The molecular weight excluding hydrogens is 318 g/mol. The van der Waals surface area contributed by atoms with E-state index in [1.54, 1.807) is 12.1 Å². The summed E-state index contributed by atoms with van der Waals surface area (Å²) in [5.74, 6) is -0.549. The van der Waals surface area contributed by atoms with Crippen molar-refractivity contribution >= 4 is 27.6 Å². The molecule has 0 fully saturated rings. The number of aromatic carboxylic acids is 1. The predicted molar refractivity (Wildman–Crippen MR) is 76.0 cm³/mol. The molecule has 0 spiro atoms. The first-order valence-corrected chi connectivity index (χ1v) is 7.81. The van der Waals surface area contributed by atoms with Crippen LogP contribution in [0.1, 0.15) is 16.1 Å². The largest absolute Gasteiger partial charge is 0.478 e. The minimum atomic E-state index is -3.75. The molecule has 2 N–H and O–H groups in total. The van der Waals surface area contributed by atoms with Crippen LogP contribution < -0.4 is 4.72 Å². The second kappa shape index (κ2) is 6.30. The number of furan rings is 1. The highest BCUT2D eigenvalue weighted by Gasteiger charge is 2.17. The van der Waals surface area contributed by atoms with Gasteiger partial charge in [-0.15, -0.1) is 0 Å². The van der Waals surface area contributed by atoms with Gasteiger partial charge in [0.05, 0.1) is 21.7 Å². The zero-order valence-electron chi connectivity index (χ0n) is 10.7. The molecule has 0 unspecified atom stereocenters. The van der Waals surface area contributed by atoms with E-state index in [1.165, 1.54) is 12.3 Å². The van der Waals surface area contributed by atoms with Crippen LogP contribution in [0.2, 0.25) is 5.02 Å². The van der Waals surface area contributed by atoms with E-state index in [0.717, 1.165) is 12.1 Å². The summed E-state index contributed by atoms with van der Waals surface area (Å²) >= 11 is 5.76. The van der Waals surface area contributed by atoms with Crippen LogP contribution >= 0.6 is 11.6 Å². The summed E-state index contributed by atoms with van der Waals surface area (Å²) in [6.45, 7) is 0.161. The van der Waals surface area contributed by atoms with Gasteiger partial charge in [0.1, 0.15) is 5.76 Å². The van der Waals surface area contributed by atoms with Crippen LogP contribution in [0.5, 0.6) is 0 Å². The van der Waals surface area contributed by atoms with Crippen molar-refractivity contribution < 1.29 is 22.7 Å². The second-order valence-corrected chi connectivity index (χ2v) is 6.35. The van der Waals surface area contributed by atoms with Crippen LogP contribution in [-0.4, -0.2) is 26.0 Å². The molecule has 8 heteroatoms. The van der Waals surface area contributed by atoms with Crippen molar-refractivity contribution in [2.75, 3.05) is 6.54 Å². The van der Waals surface area contributed by atoms with Gasteiger partial charge in [-0.3, -0.25) is 0 Å². The van der Waals surface area contributed by atoms with Crippen molar-refractivity contribution in [3.63, 3.8) is 0 Å². The van der Waals surface area contributed by atoms with Crippen LogP contribution in [0.25, 0.3) is 0 Å². The molecule has 0 amide bonds. The monoisotopic (exact) mass is 329 g/mol. The summed E-state index contributed by atoms with van der Waals surface area (Å²) in [4.78, 5) is 10.7. The van der Waals surface area contributed by atoms with Gasteiger partial charge in [0.25, 0.3) is 0 Å². The quantitative estimate of drug-likeness (QED) is 0.846. The number of rotatable bonds is 6. The van der Waals surface area contributed by atoms with Crippen molar-refractivity contribution in [2.24, 2.45) is 0 Å². The maximum atomic E-state index is 12.0. The Labute approximate surface area is 126 Å². The van der Waals surface area contributed by atoms with E-state index in [0.29, 0.717) is 12.2 Å². The van der Waals surface area contributed by atoms with Crippen LogP contribution in [-0.2, 0) is 16.4 Å². The number of carboxylic acid groups (broad SMARTS) is 1. The van der Waals surface area contributed by atoms with Gasteiger partial charge in [0.2, 0.25) is 10.0 Å². The summed E-state index contributed by atoms with van der Waals surface area (Å²) in [6, 6.07) is 6.93. The van der Waals surface area contributed by atoms with Crippen molar-refractivity contribution in [2.45, 2.75) is 11.3 Å². The summed E-state index contributed by atoms with van der Waals surface area (Å²) in [7, 11) is -3.75. The lowest BCUT2D eigenvalue weighted by atomic mass is 10.2. The standard InChI is InChI=1S/C13H12ClNO5S/c14-12-8-10(3-4-11(12)13(16)17)21(18,19)15-6-5-9-2-1-7-20-9/h1-4,7-8,15H,5-6H2,(H,16,17). The Morgan fingerprint density at radius 2 is 2.10 bits per heavy atom. The fourth-order valence-corrected chi connectivity index (χ4v) is 3.07. The molecule has 21 heavy (non-hydrogen) atoms. The topological polar surface area (TPSA) is 96.6 Å². The number of halogens is 1. The van der Waals surface area contributed by atoms with Gasteiger partial charge in [-0.2, -0.15) is 0 Å². The Bertz CT molecular complexity index is 740. The third-order valence-corrected chi connectivity index (χ3v) is 4.50. The molecule has 0 aliphatic rings. The number of hydrogen-bond donors (Lipinski definition) is 2. The van der Waals surface area contributed by atoms with E-state index in [9.17, 15) is 13.2 Å². The van der Waals surface area contributed by atoms with E-state index in [-0.39, 0.29) is 22.0 Å². The molecule has 2 rings (SSSR count). The van der Waals surface area contributed by atoms with Crippen molar-refractivity contribution in [1.29, 1.82) is 0 Å². The Morgan fingerprint density at radius 3 is 2.67 bits per heavy atom. The Balaban J connectivity index is 2.08. The first kappa shape index (κ1) is 15.6. The van der Waals surface area contributed by atoms with Crippen LogP contribution in [0.4, 0.5) is 0 Å². The van der Waals surface area contributed by atoms with Crippen LogP contribution in [0, 0.1) is 0 Å². The molecule has 1 heterocycles. The molecule has 0 aliphatic heterocycles. The highest BCUT2D eigenvalue weighted by atomic mass is 35.5. The van der Waals surface area contributed by atoms with Gasteiger partial charge >= 0.3 is 5.97 Å². The summed E-state index contributed by atoms with van der Waals surface area (Å²) in [5, 5.41) is 8.72. The third kappa shape index (κ3) is 3.84. The molecule has 112 valence electrons. The Kier molecular flexibility index (Phi) is 4.66. The lowest BCUT2D eigenvalue weighted by Gasteiger charge is -2.07. The molecule has 0 aliphatic carbocycles. The highest BCUT2D eigenvalue weighted by Crippen LogP contribution is 2.20. The van der Waals surface area contributed by atoms with E-state index in [4.69, 9.17) is 21.1 Å². The summed E-state index contributed by atoms with van der Waals surface area (Å²) in [6.07, 6.45) is 1.92. The van der Waals surface area contributed by atoms with E-state index >= 15 is 0 Å². The number of nitrogens with one attached hydrogen (secondary N) is 1. The molecular formula is C13H12ClNO5S. The number of hydrogen-bond acceptors (Lipinski definition) is 4. The van der Waals surface area contributed by atoms with Crippen molar-refractivity contribution in [3.8, 4) is 0 Å². The minimum absolute atomic E-state index is 0.0862. The molecule has 0 radical (unpaired) electrons. The molecule has 0 saturated carbocycles. The number of sulfonamides is 1. The average Bonchev–Trinajstić information content (AvgIpc) is 2.91. The normalized spacial score (nSPS) is 11.5. The van der Waals surface area contributed by atoms with E-state index in [2.05, 4.69) is 4.72 Å². The van der Waals surface area contributed by atoms with Gasteiger partial charge in [0, 0.05) is 13.0 Å². The lowest BCUT2D eigenvalue weighted by Crippen LogP contribution is -2.26. The molecule has 0 saturated heterocycles. The zero-order valence-corrected chi connectivity index (χ0v) is 12.3. The average molecular weight is 330 g/mol. The van der Waals surface area contributed by atoms with E-state index < -0.39 is 16.0 Å². The maximum absolute atomic E-state index is 12.0. The summed E-state index contributed by atoms with van der Waals surface area (Å²) in [5.41, 5.74) is -0.147. The van der Waals surface area contributed by atoms with Gasteiger partial charge < -0.3 is 9.52 Å². The molecule has 0 bridgehead atoms. The molecule has 1 aromatic heterocycles. The van der Waals surface area contributed by atoms with Crippen molar-refractivity contribution in [3.05, 3.63) is 52.9 Å². The number of carbonyl (C=O) groups is 1. The lowest BCUT2D eigenvalue weighted by molar-refractivity contribution is 0.0697. The maximum Gasteiger partial charge on any atom is 0.337 e. The number of benzene rings is 1. The fourth-order valence-electron chi connectivity index (χ4n) is 1.68. The van der Waals surface area contributed by atoms with Gasteiger partial charge in [0.15, 0.2) is 0 Å². The van der Waals surface area contributed by atoms with E-state index in [1.807, 2.05) is 0 Å². The Hall–Kier alpha value is -1.83. The predicted octanol–water partition coefficient (Wildman–Crippen LogP) is 2.15. The first-order chi connectivity index (χ1) is 9.90. The Morgan fingerprint density at radius 1 is 1.33 bits per heavy atom. The third-order valence-electron chi connectivity index (χ3n) is 2.72. The molecule has 6 nitrogen and oxygen atoms in total. The zero-order chi connectivity index (χ0) is 15.5. The first-order valence-electron chi connectivity index (χ1n) is 5.95. The second-order valence-electron chi connectivity index (χ2n) is 4.17. The SMILES string of the molecule is O=C(O)c1ccc(S(=O)(=O)NCCc2ccco2)cc1Cl. The van der Waals surface area contributed by atoms with Gasteiger partial charge in [-0.05, 0) is 30.3 Å². The van der Waals surface area contributed by atoms with Crippen LogP contribution in [0.15, 0.2) is 45.9 Å². The van der Waals surface area contributed by atoms with Gasteiger partial charge in [-0.1, -0.05) is 11.6 Å². The van der Waals surface area contributed by atoms with Crippen LogP contribution in [0.3, 0.4) is 0 Å². The number of carboxylic acids is 1.